The second-order valence-corrected chi connectivity index (χ2v) is 6.24. The van der Waals surface area contributed by atoms with Gasteiger partial charge in [0.25, 0.3) is 0 Å². The Morgan fingerprint density at radius 3 is 2.47 bits per heavy atom. The van der Waals surface area contributed by atoms with Crippen molar-refractivity contribution in [2.75, 3.05) is 6.54 Å². The lowest BCUT2D eigenvalue weighted by molar-refractivity contribution is -0.128. The fraction of sp³-hybridized carbons (Fsp3) is 0.929. The highest BCUT2D eigenvalue weighted by atomic mass is 16.1. The fourth-order valence-electron chi connectivity index (χ4n) is 3.71. The van der Waals surface area contributed by atoms with Crippen molar-refractivity contribution in [3.8, 4) is 0 Å². The standard InChI is InChI=1S/C14H26N2O/c1-8(2)14(17)13-10(5)12-11(6-7-15-12)16(13)9(3)4/h8-13,15H,6-7H2,1-5H3/t10?,11?,12?,13-/m0/s1. The number of carbonyl (C=O) groups excluding carboxylic acids is 1. The summed E-state index contributed by atoms with van der Waals surface area (Å²) in [6.07, 6.45) is 1.19. The zero-order valence-corrected chi connectivity index (χ0v) is 11.7. The molecule has 4 atom stereocenters. The third-order valence-corrected chi connectivity index (χ3v) is 4.46. The van der Waals surface area contributed by atoms with Gasteiger partial charge in [-0.25, -0.2) is 0 Å². The zero-order valence-electron chi connectivity index (χ0n) is 11.7. The number of carbonyl (C=O) groups is 1. The molecule has 0 spiro atoms. The second kappa shape index (κ2) is 4.69. The summed E-state index contributed by atoms with van der Waals surface area (Å²) in [5.41, 5.74) is 0. The third-order valence-electron chi connectivity index (χ3n) is 4.46. The van der Waals surface area contributed by atoms with Crippen LogP contribution >= 0.6 is 0 Å². The molecule has 0 aromatic carbocycles. The lowest BCUT2D eigenvalue weighted by Gasteiger charge is -2.33. The molecule has 2 heterocycles. The number of hydrogen-bond acceptors (Lipinski definition) is 3. The number of hydrogen-bond donors (Lipinski definition) is 1. The van der Waals surface area contributed by atoms with Gasteiger partial charge in [-0.1, -0.05) is 20.8 Å². The molecule has 1 N–H and O–H groups in total. The first kappa shape index (κ1) is 13.0. The van der Waals surface area contributed by atoms with Gasteiger partial charge in [0.05, 0.1) is 6.04 Å². The van der Waals surface area contributed by atoms with Crippen LogP contribution in [0, 0.1) is 11.8 Å². The first-order valence-corrected chi connectivity index (χ1v) is 6.99. The van der Waals surface area contributed by atoms with Crippen LogP contribution in [0.2, 0.25) is 0 Å². The van der Waals surface area contributed by atoms with Gasteiger partial charge < -0.3 is 5.32 Å². The minimum Gasteiger partial charge on any atom is -0.312 e. The number of fused-ring (bicyclic) bond motifs is 1. The largest absolute Gasteiger partial charge is 0.312 e. The van der Waals surface area contributed by atoms with Gasteiger partial charge in [0.2, 0.25) is 0 Å². The summed E-state index contributed by atoms with van der Waals surface area (Å²) in [7, 11) is 0. The van der Waals surface area contributed by atoms with Gasteiger partial charge in [-0.3, -0.25) is 9.69 Å². The molecule has 3 heteroatoms. The van der Waals surface area contributed by atoms with Crippen molar-refractivity contribution in [1.29, 1.82) is 0 Å². The Kier molecular flexibility index (Phi) is 3.60. The number of ketones is 1. The molecule has 17 heavy (non-hydrogen) atoms. The van der Waals surface area contributed by atoms with Crippen molar-refractivity contribution in [2.45, 2.75) is 65.2 Å². The van der Waals surface area contributed by atoms with Gasteiger partial charge >= 0.3 is 0 Å². The molecular weight excluding hydrogens is 212 g/mol. The van der Waals surface area contributed by atoms with E-state index < -0.39 is 0 Å². The Morgan fingerprint density at radius 2 is 1.94 bits per heavy atom. The van der Waals surface area contributed by atoms with Crippen LogP contribution in [0.25, 0.3) is 0 Å². The molecule has 3 unspecified atom stereocenters. The summed E-state index contributed by atoms with van der Waals surface area (Å²) >= 11 is 0. The highest BCUT2D eigenvalue weighted by molar-refractivity contribution is 5.86. The molecule has 2 saturated heterocycles. The van der Waals surface area contributed by atoms with Crippen LogP contribution in [-0.4, -0.2) is 41.4 Å². The van der Waals surface area contributed by atoms with Gasteiger partial charge in [0, 0.05) is 24.0 Å². The molecule has 0 bridgehead atoms. The van der Waals surface area contributed by atoms with Gasteiger partial charge in [0.15, 0.2) is 5.78 Å². The van der Waals surface area contributed by atoms with E-state index in [4.69, 9.17) is 0 Å². The molecule has 2 aliphatic heterocycles. The van der Waals surface area contributed by atoms with Crippen molar-refractivity contribution in [1.82, 2.24) is 10.2 Å². The second-order valence-electron chi connectivity index (χ2n) is 6.24. The Balaban J connectivity index is 2.27. The van der Waals surface area contributed by atoms with Crippen LogP contribution in [0.15, 0.2) is 0 Å². The minimum absolute atomic E-state index is 0.123. The van der Waals surface area contributed by atoms with Crippen LogP contribution in [0.1, 0.15) is 41.0 Å². The van der Waals surface area contributed by atoms with Gasteiger partial charge in [0.1, 0.15) is 0 Å². The number of nitrogens with one attached hydrogen (secondary N) is 1. The van der Waals surface area contributed by atoms with Crippen LogP contribution in [0.5, 0.6) is 0 Å². The molecule has 0 amide bonds. The highest BCUT2D eigenvalue weighted by Crippen LogP contribution is 2.37. The van der Waals surface area contributed by atoms with E-state index in [0.29, 0.717) is 29.8 Å². The van der Waals surface area contributed by atoms with E-state index >= 15 is 0 Å². The first-order valence-electron chi connectivity index (χ1n) is 6.99. The number of likely N-dealkylation sites (tertiary alicyclic amines) is 1. The summed E-state index contributed by atoms with van der Waals surface area (Å²) < 4.78 is 0. The molecule has 2 aliphatic rings. The Labute approximate surface area is 105 Å². The van der Waals surface area contributed by atoms with E-state index in [9.17, 15) is 4.79 Å². The van der Waals surface area contributed by atoms with E-state index in [0.717, 1.165) is 6.54 Å². The summed E-state index contributed by atoms with van der Waals surface area (Å²) in [5.74, 6) is 1.00. The number of nitrogens with zero attached hydrogens (tertiary/aromatic N) is 1. The van der Waals surface area contributed by atoms with E-state index in [2.05, 4.69) is 31.0 Å². The summed E-state index contributed by atoms with van der Waals surface area (Å²) in [4.78, 5) is 14.9. The molecule has 0 radical (unpaired) electrons. The van der Waals surface area contributed by atoms with Gasteiger partial charge in [-0.2, -0.15) is 0 Å². The smallest absolute Gasteiger partial charge is 0.152 e. The molecule has 0 aromatic rings. The molecule has 98 valence electrons. The van der Waals surface area contributed by atoms with Crippen LogP contribution in [0.3, 0.4) is 0 Å². The van der Waals surface area contributed by atoms with Gasteiger partial charge in [-0.05, 0) is 32.7 Å². The van der Waals surface area contributed by atoms with Crippen molar-refractivity contribution in [2.24, 2.45) is 11.8 Å². The van der Waals surface area contributed by atoms with E-state index in [1.165, 1.54) is 6.42 Å². The number of rotatable bonds is 3. The highest BCUT2D eigenvalue weighted by Gasteiger charge is 2.52. The SMILES string of the molecule is CC(C)C(=O)[C@@H]1C(C)C2NCCC2N1C(C)C. The Bertz CT molecular complexity index is 301. The molecule has 0 aromatic heterocycles. The van der Waals surface area contributed by atoms with Crippen LogP contribution in [0.4, 0.5) is 0 Å². The first-order chi connectivity index (χ1) is 7.95. The van der Waals surface area contributed by atoms with Crippen molar-refractivity contribution in [3.05, 3.63) is 0 Å². The van der Waals surface area contributed by atoms with Crippen molar-refractivity contribution < 1.29 is 4.79 Å². The quantitative estimate of drug-likeness (QED) is 0.812. The normalized spacial score (nSPS) is 38.1. The molecule has 2 rings (SSSR count). The van der Waals surface area contributed by atoms with Crippen molar-refractivity contribution in [3.63, 3.8) is 0 Å². The van der Waals surface area contributed by atoms with E-state index in [1.807, 2.05) is 13.8 Å². The maximum absolute atomic E-state index is 12.4. The fourth-order valence-corrected chi connectivity index (χ4v) is 3.71. The van der Waals surface area contributed by atoms with E-state index in [1.54, 1.807) is 0 Å². The predicted molar refractivity (Wildman–Crippen MR) is 70.0 cm³/mol. The van der Waals surface area contributed by atoms with E-state index in [-0.39, 0.29) is 12.0 Å². The molecule has 2 fully saturated rings. The van der Waals surface area contributed by atoms with Crippen molar-refractivity contribution >= 4 is 5.78 Å². The monoisotopic (exact) mass is 238 g/mol. The van der Waals surface area contributed by atoms with Gasteiger partial charge in [-0.15, -0.1) is 0 Å². The summed E-state index contributed by atoms with van der Waals surface area (Å²) in [5, 5.41) is 3.58. The minimum atomic E-state index is 0.123. The average Bonchev–Trinajstić information content (AvgIpc) is 2.79. The molecule has 0 aliphatic carbocycles. The molecule has 0 saturated carbocycles. The lowest BCUT2D eigenvalue weighted by Crippen LogP contribution is -2.47. The lowest BCUT2D eigenvalue weighted by atomic mass is 9.90. The predicted octanol–water partition coefficient (Wildman–Crippen LogP) is 1.67. The topological polar surface area (TPSA) is 32.3 Å². The molecular formula is C14H26N2O. The zero-order chi connectivity index (χ0) is 12.7. The third kappa shape index (κ3) is 2.04. The molecule has 3 nitrogen and oxygen atoms in total. The van der Waals surface area contributed by atoms with Crippen LogP contribution < -0.4 is 5.32 Å². The maximum Gasteiger partial charge on any atom is 0.152 e. The Hall–Kier alpha value is -0.410. The number of Topliss-reactive ketones (excluding diaryl/α,β-unsaturated/α-hetero) is 1. The summed E-state index contributed by atoms with van der Waals surface area (Å²) in [6.45, 7) is 11.8. The Morgan fingerprint density at radius 1 is 1.29 bits per heavy atom. The maximum atomic E-state index is 12.4. The van der Waals surface area contributed by atoms with Crippen LogP contribution in [-0.2, 0) is 4.79 Å². The summed E-state index contributed by atoms with van der Waals surface area (Å²) in [6, 6.07) is 1.67. The average molecular weight is 238 g/mol.